The molecule has 3 heteroatoms. The van der Waals surface area contributed by atoms with Gasteiger partial charge in [-0.3, -0.25) is 4.79 Å². The lowest BCUT2D eigenvalue weighted by Crippen LogP contribution is -2.41. The Bertz CT molecular complexity index is 257. The van der Waals surface area contributed by atoms with Gasteiger partial charge in [0.05, 0.1) is 0 Å². The molecular weight excluding hydrogens is 212 g/mol. The first-order valence-electron chi connectivity index (χ1n) is 6.88. The van der Waals surface area contributed by atoms with E-state index in [-0.39, 0.29) is 11.5 Å². The van der Waals surface area contributed by atoms with Gasteiger partial charge < -0.3 is 10.6 Å². The van der Waals surface area contributed by atoms with E-state index in [1.54, 1.807) is 0 Å². The smallest absolute Gasteiger partial charge is 0.228 e. The molecule has 0 radical (unpaired) electrons. The number of nitrogens with two attached hydrogens (primary N) is 1. The van der Waals surface area contributed by atoms with Gasteiger partial charge in [0.2, 0.25) is 5.91 Å². The van der Waals surface area contributed by atoms with Crippen LogP contribution >= 0.6 is 0 Å². The van der Waals surface area contributed by atoms with Crippen LogP contribution in [-0.4, -0.2) is 30.4 Å². The van der Waals surface area contributed by atoms with Gasteiger partial charge in [-0.15, -0.1) is 0 Å². The molecule has 0 spiro atoms. The number of hydrogen-bond donors (Lipinski definition) is 1. The topological polar surface area (TPSA) is 46.3 Å². The van der Waals surface area contributed by atoms with Crippen LogP contribution in [0.5, 0.6) is 0 Å². The Morgan fingerprint density at radius 2 is 1.88 bits per heavy atom. The maximum atomic E-state index is 12.3. The lowest BCUT2D eigenvalue weighted by atomic mass is 9.87. The molecule has 1 unspecified atom stereocenters. The number of carbonyl (C=O) groups is 1. The van der Waals surface area contributed by atoms with E-state index in [4.69, 9.17) is 5.73 Å². The highest BCUT2D eigenvalue weighted by atomic mass is 16.2. The van der Waals surface area contributed by atoms with Crippen LogP contribution in [0.25, 0.3) is 0 Å². The minimum atomic E-state index is -0.101. The zero-order chi connectivity index (χ0) is 13.1. The molecule has 1 atom stereocenters. The van der Waals surface area contributed by atoms with Crippen LogP contribution in [0.4, 0.5) is 0 Å². The molecule has 0 saturated heterocycles. The molecule has 3 nitrogen and oxygen atoms in total. The van der Waals surface area contributed by atoms with Crippen molar-refractivity contribution in [1.82, 2.24) is 4.90 Å². The molecule has 1 rings (SSSR count). The summed E-state index contributed by atoms with van der Waals surface area (Å²) in [5.74, 6) is 0.798. The Balaban J connectivity index is 2.42. The van der Waals surface area contributed by atoms with E-state index >= 15 is 0 Å². The quantitative estimate of drug-likeness (QED) is 0.802. The first kappa shape index (κ1) is 14.5. The first-order chi connectivity index (χ1) is 7.87. The number of rotatable bonds is 5. The normalized spacial score (nSPS) is 20.6. The summed E-state index contributed by atoms with van der Waals surface area (Å²) in [5, 5.41) is 0. The molecule has 0 aromatic heterocycles. The molecule has 2 N–H and O–H groups in total. The van der Waals surface area contributed by atoms with E-state index in [1.807, 2.05) is 11.9 Å². The van der Waals surface area contributed by atoms with E-state index in [0.29, 0.717) is 11.8 Å². The van der Waals surface area contributed by atoms with Gasteiger partial charge in [-0.05, 0) is 25.2 Å². The first-order valence-corrected chi connectivity index (χ1v) is 6.88. The van der Waals surface area contributed by atoms with Gasteiger partial charge in [0.25, 0.3) is 0 Å². The summed E-state index contributed by atoms with van der Waals surface area (Å²) in [6.07, 6.45) is 5.39. The van der Waals surface area contributed by atoms with Gasteiger partial charge in [-0.25, -0.2) is 0 Å². The Morgan fingerprint density at radius 1 is 1.35 bits per heavy atom. The fourth-order valence-electron chi connectivity index (χ4n) is 2.61. The molecule has 1 amide bonds. The summed E-state index contributed by atoms with van der Waals surface area (Å²) < 4.78 is 0. The fourth-order valence-corrected chi connectivity index (χ4v) is 2.61. The lowest BCUT2D eigenvalue weighted by molar-refractivity contribution is -0.139. The van der Waals surface area contributed by atoms with Crippen LogP contribution < -0.4 is 5.73 Å². The van der Waals surface area contributed by atoms with Gasteiger partial charge in [0.1, 0.15) is 0 Å². The predicted octanol–water partition coefficient (Wildman–Crippen LogP) is 2.40. The Hall–Kier alpha value is -0.570. The molecular formula is C14H28N2O. The summed E-state index contributed by atoms with van der Waals surface area (Å²) in [7, 11) is 1.92. The standard InChI is InChI=1S/C14H28N2O/c1-11(2)12(15)7-10-16(4)13(17)14(3)8-5-6-9-14/h11-12H,5-10,15H2,1-4H3. The third kappa shape index (κ3) is 3.70. The van der Waals surface area contributed by atoms with Crippen LogP contribution in [0.15, 0.2) is 0 Å². The second-order valence-corrected chi connectivity index (χ2v) is 6.19. The average molecular weight is 240 g/mol. The average Bonchev–Trinajstić information content (AvgIpc) is 2.72. The van der Waals surface area contributed by atoms with E-state index < -0.39 is 0 Å². The Morgan fingerprint density at radius 3 is 2.35 bits per heavy atom. The fraction of sp³-hybridized carbons (Fsp3) is 0.929. The van der Waals surface area contributed by atoms with Crippen molar-refractivity contribution >= 4 is 5.91 Å². The maximum Gasteiger partial charge on any atom is 0.228 e. The second kappa shape index (κ2) is 5.85. The minimum absolute atomic E-state index is 0.101. The van der Waals surface area contributed by atoms with Crippen LogP contribution in [0.1, 0.15) is 52.9 Å². The number of carbonyl (C=O) groups excluding carboxylic acids is 1. The highest BCUT2D eigenvalue weighted by Crippen LogP contribution is 2.38. The van der Waals surface area contributed by atoms with Gasteiger partial charge in [0.15, 0.2) is 0 Å². The van der Waals surface area contributed by atoms with Crippen LogP contribution in [0.2, 0.25) is 0 Å². The summed E-state index contributed by atoms with van der Waals surface area (Å²) in [5.41, 5.74) is 5.91. The van der Waals surface area contributed by atoms with Crippen molar-refractivity contribution in [3.8, 4) is 0 Å². The SMILES string of the molecule is CC(C)C(N)CCN(C)C(=O)C1(C)CCCC1. The molecule has 1 aliphatic carbocycles. The van der Waals surface area contributed by atoms with Crippen molar-refractivity contribution in [1.29, 1.82) is 0 Å². The summed E-state index contributed by atoms with van der Waals surface area (Å²) in [4.78, 5) is 14.2. The van der Waals surface area contributed by atoms with Crippen molar-refractivity contribution < 1.29 is 4.79 Å². The molecule has 1 saturated carbocycles. The van der Waals surface area contributed by atoms with Crippen LogP contribution in [0.3, 0.4) is 0 Å². The molecule has 1 fully saturated rings. The van der Waals surface area contributed by atoms with E-state index in [9.17, 15) is 4.79 Å². The van der Waals surface area contributed by atoms with Crippen molar-refractivity contribution in [2.24, 2.45) is 17.1 Å². The molecule has 0 aliphatic heterocycles. The molecule has 1 aliphatic rings. The van der Waals surface area contributed by atoms with Gasteiger partial charge >= 0.3 is 0 Å². The Labute approximate surface area is 106 Å². The third-order valence-corrected chi connectivity index (χ3v) is 4.22. The highest BCUT2D eigenvalue weighted by molar-refractivity contribution is 5.82. The molecule has 0 bridgehead atoms. The minimum Gasteiger partial charge on any atom is -0.345 e. The van der Waals surface area contributed by atoms with Crippen molar-refractivity contribution in [3.63, 3.8) is 0 Å². The van der Waals surface area contributed by atoms with Crippen LogP contribution in [0, 0.1) is 11.3 Å². The van der Waals surface area contributed by atoms with Gasteiger partial charge in [-0.2, -0.15) is 0 Å². The number of amides is 1. The number of nitrogens with zero attached hydrogens (tertiary/aromatic N) is 1. The summed E-state index contributed by atoms with van der Waals surface area (Å²) in [6.45, 7) is 7.16. The third-order valence-electron chi connectivity index (χ3n) is 4.22. The van der Waals surface area contributed by atoms with Crippen molar-refractivity contribution in [2.45, 2.75) is 58.9 Å². The molecule has 17 heavy (non-hydrogen) atoms. The largest absolute Gasteiger partial charge is 0.345 e. The molecule has 0 aromatic rings. The van der Waals surface area contributed by atoms with E-state index in [2.05, 4.69) is 20.8 Å². The van der Waals surface area contributed by atoms with Crippen molar-refractivity contribution in [2.75, 3.05) is 13.6 Å². The van der Waals surface area contributed by atoms with E-state index in [1.165, 1.54) is 12.8 Å². The monoisotopic (exact) mass is 240 g/mol. The van der Waals surface area contributed by atoms with Crippen molar-refractivity contribution in [3.05, 3.63) is 0 Å². The van der Waals surface area contributed by atoms with Crippen LogP contribution in [-0.2, 0) is 4.79 Å². The zero-order valence-corrected chi connectivity index (χ0v) is 11.8. The lowest BCUT2D eigenvalue weighted by Gasteiger charge is -2.30. The molecule has 100 valence electrons. The maximum absolute atomic E-state index is 12.3. The zero-order valence-electron chi connectivity index (χ0n) is 11.8. The molecule has 0 aromatic carbocycles. The highest BCUT2D eigenvalue weighted by Gasteiger charge is 2.37. The summed E-state index contributed by atoms with van der Waals surface area (Å²) >= 11 is 0. The summed E-state index contributed by atoms with van der Waals surface area (Å²) in [6, 6.07) is 0.196. The van der Waals surface area contributed by atoms with Gasteiger partial charge in [-0.1, -0.05) is 33.6 Å². The molecule has 0 heterocycles. The van der Waals surface area contributed by atoms with E-state index in [0.717, 1.165) is 25.8 Å². The predicted molar refractivity (Wildman–Crippen MR) is 71.6 cm³/mol. The Kier molecular flexibility index (Phi) is 4.99. The van der Waals surface area contributed by atoms with Gasteiger partial charge in [0, 0.05) is 25.0 Å². The second-order valence-electron chi connectivity index (χ2n) is 6.19. The number of hydrogen-bond acceptors (Lipinski definition) is 2.